The van der Waals surface area contributed by atoms with Crippen LogP contribution >= 0.6 is 11.6 Å². The zero-order chi connectivity index (χ0) is 12.3. The highest BCUT2D eigenvalue weighted by Crippen LogP contribution is 2.11. The van der Waals surface area contributed by atoms with Crippen LogP contribution in [0.15, 0.2) is 36.0 Å². The van der Waals surface area contributed by atoms with E-state index in [-0.39, 0.29) is 24.6 Å². The highest BCUT2D eigenvalue weighted by molar-refractivity contribution is 6.30. The van der Waals surface area contributed by atoms with Gasteiger partial charge in [-0.3, -0.25) is 4.79 Å². The second-order valence-corrected chi connectivity index (χ2v) is 4.01. The van der Waals surface area contributed by atoms with Crippen LogP contribution in [-0.4, -0.2) is 11.9 Å². The number of benzene rings is 1. The number of carbonyl (C=O) groups is 2. The molecule has 0 bridgehead atoms. The third-order valence-electron chi connectivity index (χ3n) is 2.27. The van der Waals surface area contributed by atoms with Crippen LogP contribution in [0.4, 0.5) is 0 Å². The van der Waals surface area contributed by atoms with Gasteiger partial charge in [-0.05, 0) is 23.8 Å². The Hall–Kier alpha value is -1.81. The summed E-state index contributed by atoms with van der Waals surface area (Å²) in [7, 11) is 0. The lowest BCUT2D eigenvalue weighted by Crippen LogP contribution is -2.22. The van der Waals surface area contributed by atoms with E-state index >= 15 is 0 Å². The van der Waals surface area contributed by atoms with Crippen molar-refractivity contribution in [2.45, 2.75) is 13.0 Å². The Balaban J connectivity index is 1.88. The van der Waals surface area contributed by atoms with Gasteiger partial charge in [0, 0.05) is 11.4 Å². The van der Waals surface area contributed by atoms with Crippen molar-refractivity contribution in [1.82, 2.24) is 5.32 Å². The molecule has 4 nitrogen and oxygen atoms in total. The molecule has 2 rings (SSSR count). The average Bonchev–Trinajstić information content (AvgIpc) is 2.75. The van der Waals surface area contributed by atoms with E-state index in [9.17, 15) is 9.59 Å². The molecule has 0 saturated heterocycles. The predicted molar refractivity (Wildman–Crippen MR) is 62.1 cm³/mol. The van der Waals surface area contributed by atoms with E-state index in [1.807, 2.05) is 0 Å². The first-order chi connectivity index (χ1) is 8.15. The maximum Gasteiger partial charge on any atom is 0.354 e. The molecule has 1 N–H and O–H groups in total. The summed E-state index contributed by atoms with van der Waals surface area (Å²) in [4.78, 5) is 22.4. The Kier molecular flexibility index (Phi) is 3.44. The van der Waals surface area contributed by atoms with Gasteiger partial charge in [0.2, 0.25) is 5.91 Å². The van der Waals surface area contributed by atoms with Crippen molar-refractivity contribution in [2.75, 3.05) is 0 Å². The maximum atomic E-state index is 11.5. The van der Waals surface area contributed by atoms with Crippen molar-refractivity contribution in [2.24, 2.45) is 0 Å². The minimum atomic E-state index is -0.522. The fourth-order valence-corrected chi connectivity index (χ4v) is 1.51. The SMILES string of the molecule is O=C1CC=C(C(=O)OCc2ccc(Cl)cc2)N1. The average molecular weight is 252 g/mol. The van der Waals surface area contributed by atoms with Crippen molar-refractivity contribution in [3.63, 3.8) is 0 Å². The van der Waals surface area contributed by atoms with Gasteiger partial charge >= 0.3 is 5.97 Å². The van der Waals surface area contributed by atoms with Gasteiger partial charge in [-0.15, -0.1) is 0 Å². The standard InChI is InChI=1S/C12H10ClNO3/c13-9-3-1-8(2-4-9)7-17-12(16)10-5-6-11(15)14-10/h1-5H,6-7H2,(H,14,15). The molecule has 1 aromatic rings. The lowest BCUT2D eigenvalue weighted by Gasteiger charge is -2.05. The largest absolute Gasteiger partial charge is 0.456 e. The molecule has 1 aliphatic rings. The van der Waals surface area contributed by atoms with Crippen LogP contribution < -0.4 is 5.32 Å². The topological polar surface area (TPSA) is 55.4 Å². The van der Waals surface area contributed by atoms with Crippen molar-refractivity contribution < 1.29 is 14.3 Å². The molecule has 0 aliphatic carbocycles. The van der Waals surface area contributed by atoms with E-state index < -0.39 is 5.97 Å². The Labute approximate surface area is 103 Å². The van der Waals surface area contributed by atoms with Crippen molar-refractivity contribution in [3.8, 4) is 0 Å². The van der Waals surface area contributed by atoms with Gasteiger partial charge in [-0.1, -0.05) is 23.7 Å². The zero-order valence-corrected chi connectivity index (χ0v) is 9.66. The highest BCUT2D eigenvalue weighted by Gasteiger charge is 2.19. The van der Waals surface area contributed by atoms with Gasteiger partial charge in [-0.2, -0.15) is 0 Å². The molecule has 1 amide bonds. The van der Waals surface area contributed by atoms with E-state index in [1.54, 1.807) is 24.3 Å². The van der Waals surface area contributed by atoms with Crippen molar-refractivity contribution in [3.05, 3.63) is 46.6 Å². The van der Waals surface area contributed by atoms with Crippen LogP contribution in [0.3, 0.4) is 0 Å². The van der Waals surface area contributed by atoms with Gasteiger partial charge in [0.15, 0.2) is 0 Å². The monoisotopic (exact) mass is 251 g/mol. The summed E-state index contributed by atoms with van der Waals surface area (Å²) in [5.41, 5.74) is 1.05. The summed E-state index contributed by atoms with van der Waals surface area (Å²) in [6.45, 7) is 0.156. The van der Waals surface area contributed by atoms with E-state index in [0.717, 1.165) is 5.56 Å². The van der Waals surface area contributed by atoms with Crippen LogP contribution in [0.25, 0.3) is 0 Å². The third-order valence-corrected chi connectivity index (χ3v) is 2.52. The molecule has 0 atom stereocenters. The molecule has 0 radical (unpaired) electrons. The molecule has 0 fully saturated rings. The van der Waals surface area contributed by atoms with Crippen LogP contribution in [0.2, 0.25) is 5.02 Å². The number of rotatable bonds is 3. The minimum absolute atomic E-state index is 0.156. The number of hydrogen-bond donors (Lipinski definition) is 1. The van der Waals surface area contributed by atoms with Crippen LogP contribution in [-0.2, 0) is 20.9 Å². The number of amides is 1. The van der Waals surface area contributed by atoms with Crippen molar-refractivity contribution in [1.29, 1.82) is 0 Å². The molecule has 0 saturated carbocycles. The Bertz CT molecular complexity index is 479. The highest BCUT2D eigenvalue weighted by atomic mass is 35.5. The molecule has 0 spiro atoms. The second kappa shape index (κ2) is 5.01. The van der Waals surface area contributed by atoms with Gasteiger partial charge in [0.25, 0.3) is 0 Å². The fraction of sp³-hybridized carbons (Fsp3) is 0.167. The second-order valence-electron chi connectivity index (χ2n) is 3.57. The van der Waals surface area contributed by atoms with E-state index in [4.69, 9.17) is 16.3 Å². The summed E-state index contributed by atoms with van der Waals surface area (Å²) in [5.74, 6) is -0.714. The quantitative estimate of drug-likeness (QED) is 0.834. The number of halogens is 1. The normalized spacial score (nSPS) is 14.2. The molecule has 1 aliphatic heterocycles. The number of hydrogen-bond acceptors (Lipinski definition) is 3. The molecular formula is C12H10ClNO3. The minimum Gasteiger partial charge on any atom is -0.456 e. The first kappa shape index (κ1) is 11.7. The number of ether oxygens (including phenoxy) is 1. The lowest BCUT2D eigenvalue weighted by atomic mass is 10.2. The first-order valence-corrected chi connectivity index (χ1v) is 5.44. The van der Waals surface area contributed by atoms with Gasteiger partial charge in [-0.25, -0.2) is 4.79 Å². The summed E-state index contributed by atoms with van der Waals surface area (Å²) in [5, 5.41) is 3.06. The summed E-state index contributed by atoms with van der Waals surface area (Å²) < 4.78 is 5.04. The predicted octanol–water partition coefficient (Wildman–Crippen LogP) is 1.79. The number of esters is 1. The molecule has 1 aromatic carbocycles. The van der Waals surface area contributed by atoms with Crippen LogP contribution in [0.1, 0.15) is 12.0 Å². The molecule has 0 aromatic heterocycles. The van der Waals surface area contributed by atoms with Gasteiger partial charge in [0.05, 0.1) is 0 Å². The molecule has 88 valence electrons. The molecule has 0 unspecified atom stereocenters. The van der Waals surface area contributed by atoms with Crippen LogP contribution in [0.5, 0.6) is 0 Å². The first-order valence-electron chi connectivity index (χ1n) is 5.07. The van der Waals surface area contributed by atoms with Gasteiger partial charge < -0.3 is 10.1 Å². The van der Waals surface area contributed by atoms with E-state index in [0.29, 0.717) is 5.02 Å². The number of nitrogens with one attached hydrogen (secondary N) is 1. The molecule has 17 heavy (non-hydrogen) atoms. The maximum absolute atomic E-state index is 11.5. The van der Waals surface area contributed by atoms with Crippen LogP contribution in [0, 0.1) is 0 Å². The third kappa shape index (κ3) is 3.07. The number of carbonyl (C=O) groups excluding carboxylic acids is 2. The summed E-state index contributed by atoms with van der Waals surface area (Å²) >= 11 is 5.73. The molecule has 5 heteroatoms. The lowest BCUT2D eigenvalue weighted by molar-refractivity contribution is -0.141. The zero-order valence-electron chi connectivity index (χ0n) is 8.90. The van der Waals surface area contributed by atoms with E-state index in [1.165, 1.54) is 6.08 Å². The molecular weight excluding hydrogens is 242 g/mol. The molecule has 1 heterocycles. The Morgan fingerprint density at radius 2 is 2.06 bits per heavy atom. The summed E-state index contributed by atoms with van der Waals surface area (Å²) in [6, 6.07) is 7.00. The smallest absolute Gasteiger partial charge is 0.354 e. The van der Waals surface area contributed by atoms with E-state index in [2.05, 4.69) is 5.32 Å². The van der Waals surface area contributed by atoms with Gasteiger partial charge in [0.1, 0.15) is 12.3 Å². The van der Waals surface area contributed by atoms with Crippen molar-refractivity contribution >= 4 is 23.5 Å². The fourth-order valence-electron chi connectivity index (χ4n) is 1.39. The Morgan fingerprint density at radius 3 is 2.65 bits per heavy atom. The summed E-state index contributed by atoms with van der Waals surface area (Å²) in [6.07, 6.45) is 1.75. The Morgan fingerprint density at radius 1 is 1.35 bits per heavy atom.